The molecule has 0 aliphatic heterocycles. The number of carboxylic acids is 1. The lowest BCUT2D eigenvalue weighted by Crippen LogP contribution is -2.54. The van der Waals surface area contributed by atoms with Crippen LogP contribution in [-0.4, -0.2) is 48.3 Å². The quantitative estimate of drug-likeness (QED) is 0.708. The van der Waals surface area contributed by atoms with Gasteiger partial charge in [-0.1, -0.05) is 13.8 Å². The number of hydrogen-bond acceptors (Lipinski definition) is 3. The van der Waals surface area contributed by atoms with Crippen LogP contribution < -0.4 is 0 Å². The molecule has 2 unspecified atom stereocenters. The van der Waals surface area contributed by atoms with Crippen LogP contribution in [0.25, 0.3) is 0 Å². The molecule has 0 saturated heterocycles. The highest BCUT2D eigenvalue weighted by atomic mass is 16.5. The monoisotopic (exact) mass is 243 g/mol. The Balaban J connectivity index is 2.64. The Hall–Kier alpha value is -0.610. The zero-order valence-corrected chi connectivity index (χ0v) is 11.2. The highest BCUT2D eigenvalue weighted by molar-refractivity contribution is 5.72. The number of methoxy groups -OCH3 is 1. The molecule has 1 saturated carbocycles. The Labute approximate surface area is 104 Å². The van der Waals surface area contributed by atoms with Crippen molar-refractivity contribution in [3.8, 4) is 0 Å². The summed E-state index contributed by atoms with van der Waals surface area (Å²) in [6, 6.07) is 0.699. The summed E-state index contributed by atoms with van der Waals surface area (Å²) in [4.78, 5) is 13.5. The maximum absolute atomic E-state index is 11.1. The van der Waals surface area contributed by atoms with Gasteiger partial charge in [-0.2, -0.15) is 0 Å². The SMILES string of the molecule is CCC(CC)N(CCOC)C1CCC1C(=O)O. The van der Waals surface area contributed by atoms with E-state index in [4.69, 9.17) is 9.84 Å². The van der Waals surface area contributed by atoms with Crippen molar-refractivity contribution in [2.75, 3.05) is 20.3 Å². The lowest BCUT2D eigenvalue weighted by molar-refractivity contribution is -0.150. The Morgan fingerprint density at radius 1 is 1.41 bits per heavy atom. The first-order chi connectivity index (χ1) is 8.15. The van der Waals surface area contributed by atoms with Crippen LogP contribution in [0.2, 0.25) is 0 Å². The largest absolute Gasteiger partial charge is 0.481 e. The van der Waals surface area contributed by atoms with E-state index in [2.05, 4.69) is 18.7 Å². The van der Waals surface area contributed by atoms with Gasteiger partial charge in [-0.05, 0) is 25.7 Å². The second-order valence-electron chi connectivity index (χ2n) is 4.79. The number of rotatable bonds is 8. The molecule has 17 heavy (non-hydrogen) atoms. The number of aliphatic carboxylic acids is 1. The third-order valence-electron chi connectivity index (χ3n) is 3.95. The van der Waals surface area contributed by atoms with E-state index < -0.39 is 5.97 Å². The molecule has 4 heteroatoms. The first-order valence-electron chi connectivity index (χ1n) is 6.63. The van der Waals surface area contributed by atoms with Gasteiger partial charge in [-0.15, -0.1) is 0 Å². The minimum atomic E-state index is -0.644. The lowest BCUT2D eigenvalue weighted by Gasteiger charge is -2.45. The van der Waals surface area contributed by atoms with Crippen molar-refractivity contribution in [2.45, 2.75) is 51.6 Å². The average Bonchev–Trinajstić information content (AvgIpc) is 2.24. The third kappa shape index (κ3) is 3.42. The normalized spacial score (nSPS) is 24.1. The van der Waals surface area contributed by atoms with Crippen LogP contribution in [0.5, 0.6) is 0 Å². The number of hydrogen-bond donors (Lipinski definition) is 1. The molecule has 0 aromatic carbocycles. The zero-order chi connectivity index (χ0) is 12.8. The summed E-state index contributed by atoms with van der Waals surface area (Å²) in [6.07, 6.45) is 3.98. The third-order valence-corrected chi connectivity index (χ3v) is 3.95. The lowest BCUT2D eigenvalue weighted by atomic mass is 9.77. The van der Waals surface area contributed by atoms with Gasteiger partial charge in [0.25, 0.3) is 0 Å². The Bertz CT molecular complexity index is 241. The van der Waals surface area contributed by atoms with Gasteiger partial charge in [0.05, 0.1) is 12.5 Å². The molecule has 0 aromatic rings. The first-order valence-corrected chi connectivity index (χ1v) is 6.63. The molecule has 0 spiro atoms. The molecule has 1 aliphatic carbocycles. The van der Waals surface area contributed by atoms with Gasteiger partial charge < -0.3 is 9.84 Å². The predicted octanol–water partition coefficient (Wildman–Crippen LogP) is 1.99. The second-order valence-corrected chi connectivity index (χ2v) is 4.79. The summed E-state index contributed by atoms with van der Waals surface area (Å²) in [5.74, 6) is -0.818. The summed E-state index contributed by atoms with van der Waals surface area (Å²) in [5.41, 5.74) is 0. The number of carboxylic acid groups (broad SMARTS) is 1. The summed E-state index contributed by atoms with van der Waals surface area (Å²) < 4.78 is 5.14. The van der Waals surface area contributed by atoms with Crippen LogP contribution in [-0.2, 0) is 9.53 Å². The summed E-state index contributed by atoms with van der Waals surface area (Å²) >= 11 is 0. The van der Waals surface area contributed by atoms with E-state index in [9.17, 15) is 4.79 Å². The van der Waals surface area contributed by atoms with Gasteiger partial charge in [-0.3, -0.25) is 9.69 Å². The number of ether oxygens (including phenoxy) is 1. The molecular weight excluding hydrogens is 218 g/mol. The molecule has 0 heterocycles. The fourth-order valence-corrected chi connectivity index (χ4v) is 2.74. The van der Waals surface area contributed by atoms with Crippen LogP contribution in [0.1, 0.15) is 39.5 Å². The number of nitrogens with zero attached hydrogens (tertiary/aromatic N) is 1. The molecule has 1 rings (SSSR count). The summed E-state index contributed by atoms with van der Waals surface area (Å²) in [6.45, 7) is 5.86. The average molecular weight is 243 g/mol. The first kappa shape index (κ1) is 14.5. The van der Waals surface area contributed by atoms with Crippen molar-refractivity contribution in [1.29, 1.82) is 0 Å². The molecule has 0 bridgehead atoms. The molecule has 1 fully saturated rings. The van der Waals surface area contributed by atoms with E-state index in [-0.39, 0.29) is 12.0 Å². The molecular formula is C13H25NO3. The van der Waals surface area contributed by atoms with Crippen LogP contribution in [0.15, 0.2) is 0 Å². The van der Waals surface area contributed by atoms with Crippen molar-refractivity contribution < 1.29 is 14.6 Å². The van der Waals surface area contributed by atoms with Crippen LogP contribution in [0.4, 0.5) is 0 Å². The Kier molecular flexibility index (Phi) is 5.92. The van der Waals surface area contributed by atoms with Gasteiger partial charge >= 0.3 is 5.97 Å². The Morgan fingerprint density at radius 2 is 2.06 bits per heavy atom. The highest BCUT2D eigenvalue weighted by Gasteiger charge is 2.41. The molecule has 1 N–H and O–H groups in total. The molecule has 0 amide bonds. The van der Waals surface area contributed by atoms with Crippen LogP contribution >= 0.6 is 0 Å². The van der Waals surface area contributed by atoms with E-state index in [1.807, 2.05) is 0 Å². The van der Waals surface area contributed by atoms with Crippen LogP contribution in [0, 0.1) is 5.92 Å². The van der Waals surface area contributed by atoms with E-state index in [0.29, 0.717) is 12.6 Å². The minimum absolute atomic E-state index is 0.174. The maximum atomic E-state index is 11.1. The predicted molar refractivity (Wildman–Crippen MR) is 67.1 cm³/mol. The van der Waals surface area contributed by atoms with Gasteiger partial charge in [0.15, 0.2) is 0 Å². The zero-order valence-electron chi connectivity index (χ0n) is 11.2. The molecule has 0 aromatic heterocycles. The van der Waals surface area contributed by atoms with E-state index in [1.165, 1.54) is 0 Å². The fourth-order valence-electron chi connectivity index (χ4n) is 2.74. The van der Waals surface area contributed by atoms with Crippen LogP contribution in [0.3, 0.4) is 0 Å². The maximum Gasteiger partial charge on any atom is 0.308 e. The van der Waals surface area contributed by atoms with Crippen molar-refractivity contribution in [1.82, 2.24) is 4.90 Å². The summed E-state index contributed by atoms with van der Waals surface area (Å²) in [7, 11) is 1.69. The van der Waals surface area contributed by atoms with E-state index in [0.717, 1.165) is 32.2 Å². The molecule has 100 valence electrons. The topological polar surface area (TPSA) is 49.8 Å². The molecule has 4 nitrogen and oxygen atoms in total. The van der Waals surface area contributed by atoms with Crippen molar-refractivity contribution in [3.63, 3.8) is 0 Å². The van der Waals surface area contributed by atoms with Gasteiger partial charge in [0.2, 0.25) is 0 Å². The van der Waals surface area contributed by atoms with E-state index >= 15 is 0 Å². The van der Waals surface area contributed by atoms with Crippen molar-refractivity contribution >= 4 is 5.97 Å². The number of carbonyl (C=O) groups is 1. The van der Waals surface area contributed by atoms with Crippen molar-refractivity contribution in [2.24, 2.45) is 5.92 Å². The molecule has 1 aliphatic rings. The smallest absolute Gasteiger partial charge is 0.308 e. The molecule has 0 radical (unpaired) electrons. The minimum Gasteiger partial charge on any atom is -0.481 e. The van der Waals surface area contributed by atoms with E-state index in [1.54, 1.807) is 7.11 Å². The Morgan fingerprint density at radius 3 is 2.41 bits per heavy atom. The standard InChI is InChI=1S/C13H25NO3/c1-4-10(5-2)14(8-9-17-3)12-7-6-11(12)13(15)16/h10-12H,4-9H2,1-3H3,(H,15,16). The fraction of sp³-hybridized carbons (Fsp3) is 0.923. The second kappa shape index (κ2) is 6.97. The van der Waals surface area contributed by atoms with Crippen molar-refractivity contribution in [3.05, 3.63) is 0 Å². The van der Waals surface area contributed by atoms with Gasteiger partial charge in [0, 0.05) is 25.7 Å². The summed E-state index contributed by atoms with van der Waals surface area (Å²) in [5, 5.41) is 9.15. The van der Waals surface area contributed by atoms with Gasteiger partial charge in [0.1, 0.15) is 0 Å². The molecule has 2 atom stereocenters. The highest BCUT2D eigenvalue weighted by Crippen LogP contribution is 2.34. The van der Waals surface area contributed by atoms with Gasteiger partial charge in [-0.25, -0.2) is 0 Å².